The number of aliphatic imine (C=N–C) groups is 1. The van der Waals surface area contributed by atoms with Gasteiger partial charge in [0.15, 0.2) is 5.96 Å². The molecule has 0 aromatic rings. The largest absolute Gasteiger partial charge is 0.357 e. The van der Waals surface area contributed by atoms with Gasteiger partial charge in [-0.2, -0.15) is 0 Å². The van der Waals surface area contributed by atoms with E-state index in [0.717, 1.165) is 50.9 Å². The lowest BCUT2D eigenvalue weighted by Crippen LogP contribution is -2.48. The summed E-state index contributed by atoms with van der Waals surface area (Å²) in [5, 5.41) is 6.65. The molecule has 0 aromatic carbocycles. The van der Waals surface area contributed by atoms with Gasteiger partial charge in [-0.05, 0) is 52.0 Å². The van der Waals surface area contributed by atoms with Crippen molar-refractivity contribution in [2.24, 2.45) is 10.9 Å². The van der Waals surface area contributed by atoms with E-state index in [4.69, 9.17) is 0 Å². The Kier molecular flexibility index (Phi) is 10.7. The zero-order valence-electron chi connectivity index (χ0n) is 16.1. The van der Waals surface area contributed by atoms with Crippen LogP contribution in [0.15, 0.2) is 4.99 Å². The van der Waals surface area contributed by atoms with Gasteiger partial charge < -0.3 is 15.5 Å². The highest BCUT2D eigenvalue weighted by Crippen LogP contribution is 2.17. The van der Waals surface area contributed by atoms with Gasteiger partial charge in [-0.15, -0.1) is 24.0 Å². The fourth-order valence-electron chi connectivity index (χ4n) is 3.55. The molecule has 0 spiro atoms. The molecule has 2 fully saturated rings. The Labute approximate surface area is 170 Å². The fourth-order valence-corrected chi connectivity index (χ4v) is 3.55. The minimum Gasteiger partial charge on any atom is -0.357 e. The zero-order chi connectivity index (χ0) is 17.4. The first-order chi connectivity index (χ1) is 11.6. The maximum absolute atomic E-state index is 12.1. The van der Waals surface area contributed by atoms with Crippen molar-refractivity contribution in [3.63, 3.8) is 0 Å². The van der Waals surface area contributed by atoms with E-state index in [0.29, 0.717) is 6.04 Å². The first-order valence-electron chi connectivity index (χ1n) is 9.64. The highest BCUT2D eigenvalue weighted by atomic mass is 127. The van der Waals surface area contributed by atoms with Gasteiger partial charge in [0.2, 0.25) is 5.91 Å². The highest BCUT2D eigenvalue weighted by Gasteiger charge is 2.21. The molecule has 146 valence electrons. The normalized spacial score (nSPS) is 23.1. The third kappa shape index (κ3) is 7.68. The van der Waals surface area contributed by atoms with Crippen LogP contribution in [0.3, 0.4) is 0 Å². The summed E-state index contributed by atoms with van der Waals surface area (Å²) in [6.07, 6.45) is 4.89. The van der Waals surface area contributed by atoms with Gasteiger partial charge in [0, 0.05) is 38.8 Å². The Morgan fingerprint density at radius 3 is 2.56 bits per heavy atom. The molecular formula is C18H36IN5O. The first kappa shape index (κ1) is 22.5. The third-order valence-electron chi connectivity index (χ3n) is 5.05. The van der Waals surface area contributed by atoms with Crippen molar-refractivity contribution < 1.29 is 4.79 Å². The number of nitrogens with zero attached hydrogens (tertiary/aromatic N) is 3. The second-order valence-electron chi connectivity index (χ2n) is 7.26. The Morgan fingerprint density at radius 2 is 1.92 bits per heavy atom. The third-order valence-corrected chi connectivity index (χ3v) is 5.05. The van der Waals surface area contributed by atoms with Gasteiger partial charge >= 0.3 is 0 Å². The van der Waals surface area contributed by atoms with Crippen LogP contribution in [-0.2, 0) is 4.79 Å². The second-order valence-corrected chi connectivity index (χ2v) is 7.26. The number of likely N-dealkylation sites (tertiary alicyclic amines) is 2. The first-order valence-corrected chi connectivity index (χ1v) is 9.64. The van der Waals surface area contributed by atoms with Crippen molar-refractivity contribution in [2.75, 3.05) is 45.8 Å². The van der Waals surface area contributed by atoms with E-state index in [2.05, 4.69) is 41.3 Å². The molecule has 2 saturated heterocycles. The monoisotopic (exact) mass is 465 g/mol. The quantitative estimate of drug-likeness (QED) is 0.358. The van der Waals surface area contributed by atoms with E-state index in [9.17, 15) is 4.79 Å². The van der Waals surface area contributed by atoms with E-state index < -0.39 is 0 Å². The number of nitrogens with one attached hydrogen (secondary N) is 2. The Balaban J connectivity index is 0.00000312. The minimum atomic E-state index is 0. The molecule has 0 aliphatic carbocycles. The van der Waals surface area contributed by atoms with Gasteiger partial charge in [-0.3, -0.25) is 9.69 Å². The summed E-state index contributed by atoms with van der Waals surface area (Å²) in [5.41, 5.74) is 0. The summed E-state index contributed by atoms with van der Waals surface area (Å²) in [5.74, 6) is 1.69. The molecule has 25 heavy (non-hydrogen) atoms. The average Bonchev–Trinajstić information content (AvgIpc) is 3.11. The molecule has 2 aliphatic heterocycles. The number of piperidine rings is 1. The molecule has 2 N–H and O–H groups in total. The van der Waals surface area contributed by atoms with Crippen LogP contribution in [0.25, 0.3) is 0 Å². The van der Waals surface area contributed by atoms with Crippen molar-refractivity contribution in [3.8, 4) is 0 Å². The molecule has 2 atom stereocenters. The van der Waals surface area contributed by atoms with E-state index in [1.165, 1.54) is 25.9 Å². The van der Waals surface area contributed by atoms with Crippen molar-refractivity contribution in [2.45, 2.75) is 52.5 Å². The van der Waals surface area contributed by atoms with Crippen LogP contribution in [0.1, 0.15) is 46.5 Å². The van der Waals surface area contributed by atoms with E-state index in [1.54, 1.807) is 0 Å². The Hall–Kier alpha value is -0.570. The van der Waals surface area contributed by atoms with Gasteiger partial charge in [0.1, 0.15) is 6.54 Å². The Bertz CT molecular complexity index is 426. The number of halogens is 1. The van der Waals surface area contributed by atoms with Crippen LogP contribution < -0.4 is 10.6 Å². The smallest absolute Gasteiger partial charge is 0.244 e. The Morgan fingerprint density at radius 1 is 1.20 bits per heavy atom. The second kappa shape index (κ2) is 11.9. The van der Waals surface area contributed by atoms with E-state index >= 15 is 0 Å². The predicted octanol–water partition coefficient (Wildman–Crippen LogP) is 1.90. The van der Waals surface area contributed by atoms with Gasteiger partial charge in [-0.25, -0.2) is 4.99 Å². The average molecular weight is 465 g/mol. The number of rotatable bonds is 6. The van der Waals surface area contributed by atoms with Crippen LogP contribution >= 0.6 is 24.0 Å². The molecule has 2 heterocycles. The van der Waals surface area contributed by atoms with Crippen molar-refractivity contribution in [1.82, 2.24) is 20.4 Å². The van der Waals surface area contributed by atoms with Gasteiger partial charge in [0.25, 0.3) is 0 Å². The molecular weight excluding hydrogens is 429 g/mol. The van der Waals surface area contributed by atoms with Crippen molar-refractivity contribution in [1.29, 1.82) is 0 Å². The number of hydrogen-bond donors (Lipinski definition) is 2. The van der Waals surface area contributed by atoms with E-state index in [1.807, 2.05) is 4.90 Å². The molecule has 7 heteroatoms. The summed E-state index contributed by atoms with van der Waals surface area (Å²) >= 11 is 0. The van der Waals surface area contributed by atoms with Gasteiger partial charge in [0.05, 0.1) is 0 Å². The summed E-state index contributed by atoms with van der Waals surface area (Å²) in [6.45, 7) is 12.7. The molecule has 0 bridgehead atoms. The summed E-state index contributed by atoms with van der Waals surface area (Å²) < 4.78 is 0. The lowest BCUT2D eigenvalue weighted by atomic mass is 9.99. The molecule has 2 unspecified atom stereocenters. The van der Waals surface area contributed by atoms with Crippen LogP contribution in [0.5, 0.6) is 0 Å². The number of hydrogen-bond acceptors (Lipinski definition) is 3. The molecule has 2 aliphatic rings. The molecule has 1 amide bonds. The molecule has 0 radical (unpaired) electrons. The molecule has 0 aromatic heterocycles. The van der Waals surface area contributed by atoms with Crippen molar-refractivity contribution in [3.05, 3.63) is 0 Å². The number of guanidine groups is 1. The number of amides is 1. The van der Waals surface area contributed by atoms with Crippen LogP contribution in [0.2, 0.25) is 0 Å². The lowest BCUT2D eigenvalue weighted by Gasteiger charge is -2.35. The number of carbonyl (C=O) groups is 1. The van der Waals surface area contributed by atoms with Crippen LogP contribution in [0.4, 0.5) is 0 Å². The topological polar surface area (TPSA) is 60.0 Å². The standard InChI is InChI=1S/C18H35N5O.HI/c1-4-19-18(21-13-17(24)22-9-5-6-10-22)20-12-16(3)23-11-7-8-15(2)14-23;/h15-16H,4-14H2,1-3H3,(H2,19,20,21);1H. The maximum atomic E-state index is 12.1. The SMILES string of the molecule is CCNC(=NCC(=O)N1CCCC1)NCC(C)N1CCCC(C)C1.I. The highest BCUT2D eigenvalue weighted by molar-refractivity contribution is 14.0. The molecule has 6 nitrogen and oxygen atoms in total. The molecule has 2 rings (SSSR count). The number of carbonyl (C=O) groups excluding carboxylic acids is 1. The van der Waals surface area contributed by atoms with E-state index in [-0.39, 0.29) is 36.4 Å². The van der Waals surface area contributed by atoms with Crippen LogP contribution in [0, 0.1) is 5.92 Å². The lowest BCUT2D eigenvalue weighted by molar-refractivity contribution is -0.128. The maximum Gasteiger partial charge on any atom is 0.244 e. The minimum absolute atomic E-state index is 0. The fraction of sp³-hybridized carbons (Fsp3) is 0.889. The van der Waals surface area contributed by atoms with Gasteiger partial charge in [-0.1, -0.05) is 6.92 Å². The summed E-state index contributed by atoms with van der Waals surface area (Å²) in [6, 6.07) is 0.478. The van der Waals surface area contributed by atoms with Crippen molar-refractivity contribution >= 4 is 35.8 Å². The van der Waals surface area contributed by atoms with Crippen LogP contribution in [-0.4, -0.2) is 73.5 Å². The molecule has 0 saturated carbocycles. The summed E-state index contributed by atoms with van der Waals surface area (Å²) in [4.78, 5) is 21.1. The summed E-state index contributed by atoms with van der Waals surface area (Å²) in [7, 11) is 0. The predicted molar refractivity (Wildman–Crippen MR) is 115 cm³/mol. The zero-order valence-corrected chi connectivity index (χ0v) is 18.4.